The fourth-order valence-electron chi connectivity index (χ4n) is 4.66. The Bertz CT molecular complexity index is 1760. The van der Waals surface area contributed by atoms with Crippen molar-refractivity contribution in [1.82, 2.24) is 30.0 Å². The Morgan fingerprint density at radius 3 is 2.63 bits per heavy atom. The third kappa shape index (κ3) is 7.67. The third-order valence-corrected chi connectivity index (χ3v) is 15.2. The van der Waals surface area contributed by atoms with E-state index >= 15 is 0 Å². The van der Waals surface area contributed by atoms with Crippen molar-refractivity contribution in [3.8, 4) is 17.0 Å². The molecule has 8 rings (SSSR count). The third-order valence-electron chi connectivity index (χ3n) is 7.01. The maximum absolute atomic E-state index is 14.1. The van der Waals surface area contributed by atoms with Crippen molar-refractivity contribution in [2.45, 2.75) is 32.7 Å². The summed E-state index contributed by atoms with van der Waals surface area (Å²) in [4.78, 5) is 38.9. The van der Waals surface area contributed by atoms with Crippen molar-refractivity contribution < 1.29 is 52.8 Å². The van der Waals surface area contributed by atoms with Crippen LogP contribution in [0.15, 0.2) is 48.9 Å². The molecule has 4 N–H and O–H groups in total. The van der Waals surface area contributed by atoms with Crippen LogP contribution in [-0.2, 0) is 23.4 Å². The SMILES string of the molecule is CNC(=O)c1nc2ccc1Nc1nc(ncc1C(F)(F)F)Nc1ccc(cc1OC)C[P+](O)([I-]C)OCC(C)(C)Cn1cc-2cn1. The molecule has 4 aromatic rings. The van der Waals surface area contributed by atoms with Gasteiger partial charge in [0.1, 0.15) is 0 Å². The van der Waals surface area contributed by atoms with E-state index in [1.165, 1.54) is 20.2 Å². The number of hydrogen-bond donors (Lipinski definition) is 4. The normalized spacial score (nSPS) is 18.2. The van der Waals surface area contributed by atoms with Crippen molar-refractivity contribution in [1.29, 1.82) is 0 Å². The van der Waals surface area contributed by atoms with Crippen LogP contribution in [0.25, 0.3) is 11.3 Å². The molecule has 0 saturated carbocycles. The van der Waals surface area contributed by atoms with E-state index in [4.69, 9.17) is 9.26 Å². The van der Waals surface area contributed by atoms with Gasteiger partial charge < -0.3 is 5.32 Å². The Morgan fingerprint density at radius 1 is 1.17 bits per heavy atom. The van der Waals surface area contributed by atoms with Crippen LogP contribution in [0.2, 0.25) is 0 Å². The Balaban J connectivity index is 1.65. The van der Waals surface area contributed by atoms with Crippen LogP contribution in [0.4, 0.5) is 36.3 Å². The zero-order chi connectivity index (χ0) is 33.3. The molecule has 1 aromatic carbocycles. The minimum atomic E-state index is -4.81. The van der Waals surface area contributed by atoms with Crippen molar-refractivity contribution in [3.05, 3.63) is 65.7 Å². The van der Waals surface area contributed by atoms with E-state index in [0.717, 1.165) is 5.56 Å². The van der Waals surface area contributed by atoms with Gasteiger partial charge in [0.05, 0.1) is 0 Å². The van der Waals surface area contributed by atoms with Gasteiger partial charge in [-0.2, -0.15) is 13.2 Å². The molecule has 0 fully saturated rings. The molecule has 1 atom stereocenters. The summed E-state index contributed by atoms with van der Waals surface area (Å²) in [6.07, 6.45) is -0.478. The Hall–Kier alpha value is -3.60. The van der Waals surface area contributed by atoms with Gasteiger partial charge in [-0.05, 0) is 0 Å². The predicted octanol–water partition coefficient (Wildman–Crippen LogP) is 2.64. The number of alkyl halides is 4. The maximum atomic E-state index is 14.1. The molecule has 4 aliphatic heterocycles. The number of pyridine rings is 1. The number of aromatic nitrogens is 5. The van der Waals surface area contributed by atoms with Crippen LogP contribution in [0, 0.1) is 5.41 Å². The monoisotopic (exact) mass is 772 g/mol. The molecule has 0 aliphatic carbocycles. The first-order chi connectivity index (χ1) is 21.7. The first-order valence-corrected chi connectivity index (χ1v) is 20.7. The molecular weight excluding hydrogens is 739 g/mol. The van der Waals surface area contributed by atoms with E-state index in [9.17, 15) is 22.9 Å². The van der Waals surface area contributed by atoms with E-state index in [-0.39, 0.29) is 17.3 Å². The topological polar surface area (TPSA) is 148 Å². The van der Waals surface area contributed by atoms with E-state index in [0.29, 0.717) is 48.2 Å². The number of ether oxygens (including phenoxy) is 1. The molecule has 246 valence electrons. The number of anilines is 4. The zero-order valence-corrected chi connectivity index (χ0v) is 28.7. The Morgan fingerprint density at radius 2 is 1.93 bits per heavy atom. The number of rotatable bonds is 3. The van der Waals surface area contributed by atoms with Crippen LogP contribution < -0.4 is 41.3 Å². The van der Waals surface area contributed by atoms with Crippen molar-refractivity contribution >= 4 is 34.4 Å². The van der Waals surface area contributed by atoms with Gasteiger partial charge in [-0.15, -0.1) is 0 Å². The molecule has 46 heavy (non-hydrogen) atoms. The standard InChI is InChI=1S/C29H33F3IN8O4P/c1-28(2)15-41-13-18(11-36-41)20-8-9-22(24(37-20)26(42)34-4)38-25-19(29(30,31)32)12-35-27(40-25)39-21-7-6-17(10-23(21)44-5)14-46(43,33-3)45-16-28/h6-13,43H,14-16H2,1-5H3,(H,34,42)(H2,35,38,39,40). The van der Waals surface area contributed by atoms with Crippen molar-refractivity contribution in [3.63, 3.8) is 0 Å². The van der Waals surface area contributed by atoms with Gasteiger partial charge in [-0.1, -0.05) is 0 Å². The molecule has 1 unspecified atom stereocenters. The van der Waals surface area contributed by atoms with Crippen LogP contribution in [0.1, 0.15) is 35.5 Å². The quantitative estimate of drug-likeness (QED) is 0.139. The second-order valence-electron chi connectivity index (χ2n) is 11.2. The summed E-state index contributed by atoms with van der Waals surface area (Å²) in [5.74, 6) is -0.993. The number of amides is 1. The second-order valence-corrected chi connectivity index (χ2v) is 20.8. The van der Waals surface area contributed by atoms with Gasteiger partial charge in [-0.25, -0.2) is 0 Å². The molecule has 0 spiro atoms. The fraction of sp³-hybridized carbons (Fsp3) is 0.345. The number of benzene rings is 1. The van der Waals surface area contributed by atoms with Crippen LogP contribution in [0.5, 0.6) is 5.75 Å². The molecule has 0 radical (unpaired) electrons. The van der Waals surface area contributed by atoms with Gasteiger partial charge in [0.2, 0.25) is 0 Å². The number of carbonyl (C=O) groups excluding carboxylic acids is 1. The van der Waals surface area contributed by atoms with Crippen molar-refractivity contribution in [2.75, 3.05) is 36.3 Å². The molecular formula is C29H33F3IN8O4P. The molecule has 4 aliphatic rings. The number of methoxy groups -OCH3 is 1. The molecule has 17 heteroatoms. The number of hydrogen-bond acceptors (Lipinski definition) is 10. The average molecular weight is 773 g/mol. The summed E-state index contributed by atoms with van der Waals surface area (Å²) in [6, 6.07) is 8.24. The number of halogens is 4. The molecule has 8 bridgehead atoms. The van der Waals surface area contributed by atoms with Crippen molar-refractivity contribution in [2.24, 2.45) is 5.41 Å². The predicted molar refractivity (Wildman–Crippen MR) is 164 cm³/mol. The van der Waals surface area contributed by atoms with E-state index in [1.807, 2.05) is 18.8 Å². The van der Waals surface area contributed by atoms with Gasteiger partial charge in [-0.3, -0.25) is 4.79 Å². The van der Waals surface area contributed by atoms with Crippen LogP contribution >= 0.6 is 5.36 Å². The first-order valence-electron chi connectivity index (χ1n) is 13.9. The second kappa shape index (κ2) is 13.3. The molecule has 3 aromatic heterocycles. The fourth-order valence-corrected chi connectivity index (χ4v) is 9.62. The minimum absolute atomic E-state index is 0.00237. The van der Waals surface area contributed by atoms with E-state index in [1.54, 1.807) is 41.3 Å². The summed E-state index contributed by atoms with van der Waals surface area (Å²) in [7, 11) is 2.85. The number of nitrogens with one attached hydrogen (secondary N) is 3. The average Bonchev–Trinajstić information content (AvgIpc) is 3.47. The summed E-state index contributed by atoms with van der Waals surface area (Å²) in [5, 5.41) is 9.78. The van der Waals surface area contributed by atoms with E-state index < -0.39 is 54.9 Å². The Labute approximate surface area is 273 Å². The number of nitrogens with zero attached hydrogens (tertiary/aromatic N) is 5. The van der Waals surface area contributed by atoms with E-state index in [2.05, 4.69) is 36.0 Å². The zero-order valence-electron chi connectivity index (χ0n) is 25.6. The van der Waals surface area contributed by atoms with Crippen LogP contribution in [0.3, 0.4) is 0 Å². The Kier molecular flexibility index (Phi) is 9.73. The molecule has 12 nitrogen and oxygen atoms in total. The van der Waals surface area contributed by atoms with Gasteiger partial charge in [0, 0.05) is 7.05 Å². The first kappa shape index (κ1) is 33.8. The summed E-state index contributed by atoms with van der Waals surface area (Å²) in [5.41, 5.74) is 0.469. The summed E-state index contributed by atoms with van der Waals surface area (Å²) >= 11 is -0.689. The summed E-state index contributed by atoms with van der Waals surface area (Å²) in [6.45, 7) is 4.79. The van der Waals surface area contributed by atoms with Gasteiger partial charge >= 0.3 is 244 Å². The van der Waals surface area contributed by atoms with Crippen LogP contribution in [-0.4, -0.2) is 61.2 Å². The molecule has 7 heterocycles. The molecule has 1 amide bonds. The molecule has 0 saturated heterocycles. The van der Waals surface area contributed by atoms with Gasteiger partial charge in [0.25, 0.3) is 0 Å². The summed E-state index contributed by atoms with van der Waals surface area (Å²) < 4.78 is 55.8. The van der Waals surface area contributed by atoms with Gasteiger partial charge in [0.15, 0.2) is 0 Å². The number of carbonyl (C=O) groups is 1.